The molecule has 1 fully saturated rings. The number of carboxylic acid groups (broad SMARTS) is 1. The van der Waals surface area contributed by atoms with Crippen LogP contribution in [0, 0.1) is 11.8 Å². The maximum Gasteiger partial charge on any atom is 0.308 e. The first-order chi connectivity index (χ1) is 8.72. The molecule has 0 aliphatic carbocycles. The topological polar surface area (TPSA) is 64.3 Å². The lowest BCUT2D eigenvalue weighted by molar-refractivity contribution is -0.142. The summed E-state index contributed by atoms with van der Waals surface area (Å²) in [6.45, 7) is 2.26. The lowest BCUT2D eigenvalue weighted by Crippen LogP contribution is -2.26. The summed E-state index contributed by atoms with van der Waals surface area (Å²) in [6.07, 6.45) is 5.58. The first-order valence-electron chi connectivity index (χ1n) is 6.58. The SMILES string of the molecule is O=C(O)C1CCc2nc(CC3CCOC3)cn2C1. The highest BCUT2D eigenvalue weighted by Crippen LogP contribution is 2.23. The normalized spacial score (nSPS) is 27.1. The number of aliphatic carboxylic acids is 1. The summed E-state index contributed by atoms with van der Waals surface area (Å²) >= 11 is 0. The summed E-state index contributed by atoms with van der Waals surface area (Å²) in [5.74, 6) is 0.674. The first kappa shape index (κ1) is 11.7. The molecular weight excluding hydrogens is 232 g/mol. The van der Waals surface area contributed by atoms with E-state index in [2.05, 4.69) is 4.98 Å². The van der Waals surface area contributed by atoms with Crippen LogP contribution in [0.15, 0.2) is 6.20 Å². The molecule has 0 amide bonds. The summed E-state index contributed by atoms with van der Waals surface area (Å²) in [4.78, 5) is 15.6. The molecule has 2 aliphatic heterocycles. The molecule has 1 saturated heterocycles. The van der Waals surface area contributed by atoms with E-state index in [0.717, 1.165) is 44.0 Å². The molecule has 3 rings (SSSR count). The summed E-state index contributed by atoms with van der Waals surface area (Å²) in [5.41, 5.74) is 1.09. The van der Waals surface area contributed by atoms with Crippen molar-refractivity contribution in [2.45, 2.75) is 32.2 Å². The quantitative estimate of drug-likeness (QED) is 0.872. The summed E-state index contributed by atoms with van der Waals surface area (Å²) in [5, 5.41) is 9.05. The van der Waals surface area contributed by atoms with Gasteiger partial charge in [-0.3, -0.25) is 4.79 Å². The summed E-state index contributed by atoms with van der Waals surface area (Å²) in [7, 11) is 0. The van der Waals surface area contributed by atoms with Crippen molar-refractivity contribution in [3.63, 3.8) is 0 Å². The first-order valence-corrected chi connectivity index (χ1v) is 6.58. The Kier molecular flexibility index (Phi) is 3.07. The van der Waals surface area contributed by atoms with E-state index >= 15 is 0 Å². The van der Waals surface area contributed by atoms with Crippen LogP contribution < -0.4 is 0 Å². The van der Waals surface area contributed by atoms with E-state index in [0.29, 0.717) is 18.9 Å². The van der Waals surface area contributed by atoms with Gasteiger partial charge in [-0.05, 0) is 25.2 Å². The Morgan fingerprint density at radius 1 is 1.56 bits per heavy atom. The average Bonchev–Trinajstić information content (AvgIpc) is 2.96. The molecule has 2 atom stereocenters. The number of hydrogen-bond donors (Lipinski definition) is 1. The Bertz CT molecular complexity index is 449. The van der Waals surface area contributed by atoms with Crippen LogP contribution in [0.2, 0.25) is 0 Å². The molecule has 0 aromatic carbocycles. The fourth-order valence-corrected chi connectivity index (χ4v) is 2.84. The molecule has 2 unspecified atom stereocenters. The predicted octanol–water partition coefficient (Wildman–Crippen LogP) is 1.11. The number of ether oxygens (including phenoxy) is 1. The van der Waals surface area contributed by atoms with Gasteiger partial charge in [-0.25, -0.2) is 4.98 Å². The smallest absolute Gasteiger partial charge is 0.308 e. The van der Waals surface area contributed by atoms with Crippen LogP contribution in [-0.2, 0) is 28.9 Å². The van der Waals surface area contributed by atoms with Gasteiger partial charge in [-0.15, -0.1) is 0 Å². The van der Waals surface area contributed by atoms with E-state index in [1.54, 1.807) is 0 Å². The number of aromatic nitrogens is 2. The van der Waals surface area contributed by atoms with E-state index in [-0.39, 0.29) is 5.92 Å². The van der Waals surface area contributed by atoms with E-state index in [1.165, 1.54) is 0 Å². The molecule has 0 radical (unpaired) electrons. The minimum atomic E-state index is -0.694. The van der Waals surface area contributed by atoms with E-state index < -0.39 is 5.97 Å². The third-order valence-electron chi connectivity index (χ3n) is 3.91. The molecule has 1 N–H and O–H groups in total. The standard InChI is InChI=1S/C13H18N2O3/c16-13(17)10-1-2-12-14-11(7-15(12)6-10)5-9-3-4-18-8-9/h7,9-10H,1-6,8H2,(H,16,17). The van der Waals surface area contributed by atoms with Gasteiger partial charge in [-0.1, -0.05) is 0 Å². The predicted molar refractivity (Wildman–Crippen MR) is 64.3 cm³/mol. The lowest BCUT2D eigenvalue weighted by atomic mass is 10.00. The van der Waals surface area contributed by atoms with Gasteiger partial charge in [0.1, 0.15) is 5.82 Å². The van der Waals surface area contributed by atoms with E-state index in [4.69, 9.17) is 9.84 Å². The van der Waals surface area contributed by atoms with Crippen LogP contribution in [0.5, 0.6) is 0 Å². The number of nitrogens with zero attached hydrogens (tertiary/aromatic N) is 2. The zero-order chi connectivity index (χ0) is 12.5. The van der Waals surface area contributed by atoms with Gasteiger partial charge in [0.25, 0.3) is 0 Å². The Hall–Kier alpha value is -1.36. The highest BCUT2D eigenvalue weighted by Gasteiger charge is 2.26. The maximum atomic E-state index is 11.0. The van der Waals surface area contributed by atoms with Crippen molar-refractivity contribution in [1.29, 1.82) is 0 Å². The molecule has 98 valence electrons. The number of carbonyl (C=O) groups is 1. The zero-order valence-electron chi connectivity index (χ0n) is 10.3. The molecule has 2 aliphatic rings. The maximum absolute atomic E-state index is 11.0. The van der Waals surface area contributed by atoms with E-state index in [9.17, 15) is 4.79 Å². The monoisotopic (exact) mass is 250 g/mol. The second kappa shape index (κ2) is 4.72. The zero-order valence-corrected chi connectivity index (χ0v) is 10.3. The Balaban J connectivity index is 1.70. The Morgan fingerprint density at radius 3 is 3.17 bits per heavy atom. The van der Waals surface area contributed by atoms with Gasteiger partial charge in [-0.2, -0.15) is 0 Å². The molecule has 18 heavy (non-hydrogen) atoms. The second-order valence-electron chi connectivity index (χ2n) is 5.31. The molecule has 1 aromatic heterocycles. The van der Waals surface area contributed by atoms with Crippen molar-refractivity contribution in [1.82, 2.24) is 9.55 Å². The molecule has 0 saturated carbocycles. The summed E-state index contributed by atoms with van der Waals surface area (Å²) < 4.78 is 7.39. The minimum Gasteiger partial charge on any atom is -0.481 e. The van der Waals surface area contributed by atoms with Gasteiger partial charge in [0, 0.05) is 32.4 Å². The van der Waals surface area contributed by atoms with Gasteiger partial charge in [0.2, 0.25) is 0 Å². The molecular formula is C13H18N2O3. The Morgan fingerprint density at radius 2 is 2.44 bits per heavy atom. The molecule has 5 heteroatoms. The van der Waals surface area contributed by atoms with Gasteiger partial charge < -0.3 is 14.4 Å². The average molecular weight is 250 g/mol. The number of imidazole rings is 1. The fourth-order valence-electron chi connectivity index (χ4n) is 2.84. The minimum absolute atomic E-state index is 0.255. The number of aryl methyl sites for hydroxylation is 1. The second-order valence-corrected chi connectivity index (χ2v) is 5.31. The molecule has 5 nitrogen and oxygen atoms in total. The molecule has 1 aromatic rings. The van der Waals surface area contributed by atoms with Crippen molar-refractivity contribution < 1.29 is 14.6 Å². The van der Waals surface area contributed by atoms with Crippen LogP contribution >= 0.6 is 0 Å². The highest BCUT2D eigenvalue weighted by atomic mass is 16.5. The summed E-state index contributed by atoms with van der Waals surface area (Å²) in [6, 6.07) is 0. The van der Waals surface area contributed by atoms with Crippen molar-refractivity contribution in [3.05, 3.63) is 17.7 Å². The van der Waals surface area contributed by atoms with Crippen LogP contribution in [-0.4, -0.2) is 33.8 Å². The van der Waals surface area contributed by atoms with Crippen molar-refractivity contribution in [2.24, 2.45) is 11.8 Å². The van der Waals surface area contributed by atoms with Gasteiger partial charge in [0.05, 0.1) is 11.6 Å². The van der Waals surface area contributed by atoms with Crippen molar-refractivity contribution in [2.75, 3.05) is 13.2 Å². The number of rotatable bonds is 3. The third kappa shape index (κ3) is 2.27. The van der Waals surface area contributed by atoms with Crippen LogP contribution in [0.3, 0.4) is 0 Å². The van der Waals surface area contributed by atoms with Crippen LogP contribution in [0.1, 0.15) is 24.4 Å². The third-order valence-corrected chi connectivity index (χ3v) is 3.91. The van der Waals surface area contributed by atoms with Gasteiger partial charge in [0.15, 0.2) is 0 Å². The molecule has 0 spiro atoms. The Labute approximate surface area is 106 Å². The van der Waals surface area contributed by atoms with E-state index in [1.807, 2.05) is 10.8 Å². The van der Waals surface area contributed by atoms with Gasteiger partial charge >= 0.3 is 5.97 Å². The molecule has 3 heterocycles. The number of carboxylic acids is 1. The highest BCUT2D eigenvalue weighted by molar-refractivity contribution is 5.70. The van der Waals surface area contributed by atoms with Crippen molar-refractivity contribution >= 4 is 5.97 Å². The number of hydrogen-bond acceptors (Lipinski definition) is 3. The number of fused-ring (bicyclic) bond motifs is 1. The van der Waals surface area contributed by atoms with Crippen molar-refractivity contribution in [3.8, 4) is 0 Å². The molecule has 0 bridgehead atoms. The van der Waals surface area contributed by atoms with Crippen LogP contribution in [0.25, 0.3) is 0 Å². The lowest BCUT2D eigenvalue weighted by Gasteiger charge is -2.19. The fraction of sp³-hybridized carbons (Fsp3) is 0.692. The largest absolute Gasteiger partial charge is 0.481 e. The van der Waals surface area contributed by atoms with Crippen LogP contribution in [0.4, 0.5) is 0 Å².